The van der Waals surface area contributed by atoms with Crippen molar-refractivity contribution < 1.29 is 18.3 Å². The van der Waals surface area contributed by atoms with E-state index in [1.807, 2.05) is 47.4 Å². The Bertz CT molecular complexity index is 1360. The zero-order chi connectivity index (χ0) is 24.6. The molecule has 2 atom stereocenters. The molecule has 4 nitrogen and oxygen atoms in total. The maximum atomic E-state index is 14.0. The number of amides is 1. The molecule has 2 aliphatic rings. The van der Waals surface area contributed by atoms with Gasteiger partial charge in [0.05, 0.1) is 10.2 Å². The van der Waals surface area contributed by atoms with E-state index in [9.17, 15) is 13.6 Å². The van der Waals surface area contributed by atoms with Crippen LogP contribution in [0, 0.1) is 11.6 Å². The summed E-state index contributed by atoms with van der Waals surface area (Å²) in [5, 5.41) is 0. The number of nitrogens with zero attached hydrogens (tertiary/aromatic N) is 2. The summed E-state index contributed by atoms with van der Waals surface area (Å²) in [4.78, 5) is 20.0. The molecule has 2 bridgehead atoms. The van der Waals surface area contributed by atoms with Crippen LogP contribution in [0.15, 0.2) is 71.1 Å². The van der Waals surface area contributed by atoms with Gasteiger partial charge in [0.15, 0.2) is 15.9 Å². The average molecular weight is 523 g/mol. The number of para-hydroxylation sites is 1. The van der Waals surface area contributed by atoms with Crippen molar-refractivity contribution >= 4 is 39.2 Å². The molecule has 0 radical (unpaired) electrons. The fourth-order valence-corrected chi connectivity index (χ4v) is 7.28. The van der Waals surface area contributed by atoms with Crippen LogP contribution in [0.3, 0.4) is 0 Å². The van der Waals surface area contributed by atoms with Gasteiger partial charge >= 0.3 is 0 Å². The van der Waals surface area contributed by atoms with E-state index >= 15 is 0 Å². The molecule has 3 heterocycles. The van der Waals surface area contributed by atoms with Gasteiger partial charge < -0.3 is 9.64 Å². The SMILES string of the molecule is O=C(c1ccc(CSc2nc3ccccc3s2)cc1)N1C2CCC1CC(Oc1ccc(F)cc1F)C2. The summed E-state index contributed by atoms with van der Waals surface area (Å²) in [5.74, 6) is -0.412. The quantitative estimate of drug-likeness (QED) is 0.254. The number of hydrogen-bond donors (Lipinski definition) is 0. The Labute approximate surface area is 216 Å². The number of rotatable bonds is 6. The molecule has 2 aliphatic heterocycles. The monoisotopic (exact) mass is 522 g/mol. The van der Waals surface area contributed by atoms with Crippen LogP contribution in [-0.2, 0) is 5.75 Å². The average Bonchev–Trinajstić information content (AvgIpc) is 3.42. The van der Waals surface area contributed by atoms with Crippen molar-refractivity contribution in [3.05, 3.63) is 89.5 Å². The zero-order valence-electron chi connectivity index (χ0n) is 19.4. The number of carbonyl (C=O) groups excluding carboxylic acids is 1. The number of halogens is 2. The Balaban J connectivity index is 1.08. The molecule has 184 valence electrons. The predicted molar refractivity (Wildman–Crippen MR) is 139 cm³/mol. The molecule has 3 aromatic carbocycles. The highest BCUT2D eigenvalue weighted by atomic mass is 32.2. The molecular weight excluding hydrogens is 498 g/mol. The predicted octanol–water partition coefficient (Wildman–Crippen LogP) is 7.08. The molecule has 2 fully saturated rings. The molecule has 2 saturated heterocycles. The number of benzene rings is 3. The van der Waals surface area contributed by atoms with Gasteiger partial charge in [-0.2, -0.15) is 0 Å². The Kier molecular flexibility index (Phi) is 6.39. The largest absolute Gasteiger partial charge is 0.487 e. The maximum absolute atomic E-state index is 14.0. The molecule has 0 N–H and O–H groups in total. The standard InChI is InChI=1S/C28H24F2N2O2S2/c29-19-9-12-25(23(30)13-19)34-22-14-20-10-11-21(15-22)32(20)27(33)18-7-5-17(6-8-18)16-35-28-31-24-3-1-2-4-26(24)36-28/h1-9,12-13,20-22H,10-11,14-16H2. The second-order valence-corrected chi connectivity index (χ2v) is 11.6. The van der Waals surface area contributed by atoms with Gasteiger partial charge in [-0.05, 0) is 54.8 Å². The van der Waals surface area contributed by atoms with Crippen molar-refractivity contribution in [3.8, 4) is 5.75 Å². The molecule has 8 heteroatoms. The number of fused-ring (bicyclic) bond motifs is 3. The molecule has 0 aliphatic carbocycles. The smallest absolute Gasteiger partial charge is 0.254 e. The van der Waals surface area contributed by atoms with Crippen molar-refractivity contribution in [1.29, 1.82) is 0 Å². The number of aromatic nitrogens is 1. The number of thiazole rings is 1. The lowest BCUT2D eigenvalue weighted by atomic mass is 9.98. The third kappa shape index (κ3) is 4.72. The summed E-state index contributed by atoms with van der Waals surface area (Å²) >= 11 is 3.40. The van der Waals surface area contributed by atoms with Gasteiger partial charge in [-0.1, -0.05) is 36.0 Å². The summed E-state index contributed by atoms with van der Waals surface area (Å²) in [6, 6.07) is 19.5. The highest BCUT2D eigenvalue weighted by Gasteiger charge is 2.44. The van der Waals surface area contributed by atoms with Gasteiger partial charge in [-0.25, -0.2) is 13.8 Å². The molecule has 6 rings (SSSR count). The fourth-order valence-electron chi connectivity index (χ4n) is 5.26. The lowest BCUT2D eigenvalue weighted by Crippen LogP contribution is -2.49. The minimum atomic E-state index is -0.692. The van der Waals surface area contributed by atoms with Crippen molar-refractivity contribution in [3.63, 3.8) is 0 Å². The third-order valence-corrected chi connectivity index (χ3v) is 9.20. The Hall–Kier alpha value is -2.97. The molecule has 36 heavy (non-hydrogen) atoms. The number of thioether (sulfide) groups is 1. The Morgan fingerprint density at radius 1 is 1.03 bits per heavy atom. The van der Waals surface area contributed by atoms with Gasteiger partial charge in [-0.15, -0.1) is 11.3 Å². The minimum Gasteiger partial charge on any atom is -0.487 e. The van der Waals surface area contributed by atoms with Crippen LogP contribution >= 0.6 is 23.1 Å². The summed E-state index contributed by atoms with van der Waals surface area (Å²) in [6.07, 6.45) is 2.94. The van der Waals surface area contributed by atoms with E-state index in [0.717, 1.165) is 40.1 Å². The van der Waals surface area contributed by atoms with Crippen LogP contribution in [0.4, 0.5) is 8.78 Å². The second kappa shape index (κ2) is 9.82. The van der Waals surface area contributed by atoms with Crippen LogP contribution in [0.25, 0.3) is 10.2 Å². The number of carbonyl (C=O) groups is 1. The van der Waals surface area contributed by atoms with Gasteiger partial charge in [-0.3, -0.25) is 4.79 Å². The molecule has 0 saturated carbocycles. The van der Waals surface area contributed by atoms with E-state index in [-0.39, 0.29) is 29.8 Å². The van der Waals surface area contributed by atoms with Crippen LogP contribution in [-0.4, -0.2) is 34.0 Å². The molecule has 2 unspecified atom stereocenters. The van der Waals surface area contributed by atoms with E-state index in [4.69, 9.17) is 4.74 Å². The van der Waals surface area contributed by atoms with Gasteiger partial charge in [0.25, 0.3) is 5.91 Å². The Morgan fingerprint density at radius 3 is 2.50 bits per heavy atom. The summed E-state index contributed by atoms with van der Waals surface area (Å²) in [6.45, 7) is 0. The topological polar surface area (TPSA) is 42.4 Å². The third-order valence-electron chi connectivity index (χ3n) is 6.95. The van der Waals surface area contributed by atoms with Crippen LogP contribution < -0.4 is 4.74 Å². The summed E-state index contributed by atoms with van der Waals surface area (Å²) in [5.41, 5.74) is 2.86. The fraction of sp³-hybridized carbons (Fsp3) is 0.286. The van der Waals surface area contributed by atoms with E-state index in [0.29, 0.717) is 18.4 Å². The van der Waals surface area contributed by atoms with Gasteiger partial charge in [0.2, 0.25) is 0 Å². The highest BCUT2D eigenvalue weighted by Crippen LogP contribution is 2.39. The van der Waals surface area contributed by atoms with E-state index < -0.39 is 11.6 Å². The Morgan fingerprint density at radius 2 is 1.78 bits per heavy atom. The molecule has 1 amide bonds. The molecular formula is C28H24F2N2O2S2. The van der Waals surface area contributed by atoms with Gasteiger partial charge in [0, 0.05) is 42.3 Å². The van der Waals surface area contributed by atoms with E-state index in [1.54, 1.807) is 23.1 Å². The molecule has 4 aromatic rings. The first-order chi connectivity index (χ1) is 17.5. The van der Waals surface area contributed by atoms with Crippen LogP contribution in [0.2, 0.25) is 0 Å². The number of hydrogen-bond acceptors (Lipinski definition) is 5. The first-order valence-electron chi connectivity index (χ1n) is 12.0. The number of piperidine rings is 1. The summed E-state index contributed by atoms with van der Waals surface area (Å²) < 4.78 is 35.3. The van der Waals surface area contributed by atoms with Crippen molar-refractivity contribution in [2.24, 2.45) is 0 Å². The molecule has 1 aromatic heterocycles. The van der Waals surface area contributed by atoms with Crippen LogP contribution in [0.1, 0.15) is 41.6 Å². The second-order valence-electron chi connectivity index (χ2n) is 9.32. The first-order valence-corrected chi connectivity index (χ1v) is 13.9. The normalized spacial score (nSPS) is 21.2. The first kappa shape index (κ1) is 23.4. The van der Waals surface area contributed by atoms with Crippen molar-refractivity contribution in [1.82, 2.24) is 9.88 Å². The minimum absolute atomic E-state index is 0.0410. The van der Waals surface area contributed by atoms with Crippen molar-refractivity contribution in [2.45, 2.75) is 54.0 Å². The summed E-state index contributed by atoms with van der Waals surface area (Å²) in [7, 11) is 0. The zero-order valence-corrected chi connectivity index (χ0v) is 21.0. The van der Waals surface area contributed by atoms with E-state index in [2.05, 4.69) is 11.1 Å². The van der Waals surface area contributed by atoms with Crippen LogP contribution in [0.5, 0.6) is 5.75 Å². The maximum Gasteiger partial charge on any atom is 0.254 e. The van der Waals surface area contributed by atoms with Crippen molar-refractivity contribution in [2.75, 3.05) is 0 Å². The highest BCUT2D eigenvalue weighted by molar-refractivity contribution is 8.00. The lowest BCUT2D eigenvalue weighted by molar-refractivity contribution is 0.0349. The molecule has 0 spiro atoms. The number of ether oxygens (including phenoxy) is 1. The van der Waals surface area contributed by atoms with E-state index in [1.165, 1.54) is 16.8 Å². The lowest BCUT2D eigenvalue weighted by Gasteiger charge is -2.39. The van der Waals surface area contributed by atoms with Gasteiger partial charge in [0.1, 0.15) is 11.9 Å².